The van der Waals surface area contributed by atoms with Crippen LogP contribution in [-0.4, -0.2) is 14.5 Å². The third-order valence-corrected chi connectivity index (χ3v) is 2.75. The average molecular weight is 243 g/mol. The summed E-state index contributed by atoms with van der Waals surface area (Å²) < 4.78 is 14.5. The molecule has 0 amide bonds. The van der Waals surface area contributed by atoms with Gasteiger partial charge in [-0.15, -0.1) is 0 Å². The Labute approximate surface area is 102 Å². The van der Waals surface area contributed by atoms with Crippen molar-refractivity contribution in [2.45, 2.75) is 6.92 Å². The van der Waals surface area contributed by atoms with E-state index in [9.17, 15) is 9.18 Å². The molecule has 5 heteroatoms. The van der Waals surface area contributed by atoms with Gasteiger partial charge in [-0.1, -0.05) is 6.07 Å². The van der Waals surface area contributed by atoms with E-state index in [0.29, 0.717) is 16.9 Å². The van der Waals surface area contributed by atoms with Gasteiger partial charge in [0.2, 0.25) is 0 Å². The minimum Gasteiger partial charge on any atom is -0.305 e. The van der Waals surface area contributed by atoms with Gasteiger partial charge in [0, 0.05) is 5.69 Å². The molecular weight excluding hydrogens is 233 g/mol. The Balaban J connectivity index is 2.35. The van der Waals surface area contributed by atoms with Crippen LogP contribution in [0.4, 0.5) is 4.39 Å². The van der Waals surface area contributed by atoms with Crippen molar-refractivity contribution in [2.24, 2.45) is 0 Å². The lowest BCUT2D eigenvalue weighted by molar-refractivity contribution is 0.629. The normalized spacial score (nSPS) is 11.0. The van der Waals surface area contributed by atoms with Gasteiger partial charge < -0.3 is 4.98 Å². The molecule has 2 heterocycles. The molecule has 3 aromatic rings. The lowest BCUT2D eigenvalue weighted by atomic mass is 10.3. The Morgan fingerprint density at radius 2 is 2.11 bits per heavy atom. The van der Waals surface area contributed by atoms with Crippen LogP contribution in [0.1, 0.15) is 5.69 Å². The van der Waals surface area contributed by atoms with Gasteiger partial charge in [0.05, 0.1) is 11.0 Å². The lowest BCUT2D eigenvalue weighted by Crippen LogP contribution is -2.15. The van der Waals surface area contributed by atoms with Crippen LogP contribution in [0, 0.1) is 12.7 Å². The molecule has 0 aliphatic carbocycles. The van der Waals surface area contributed by atoms with Crippen LogP contribution in [0.5, 0.6) is 0 Å². The molecular formula is C13H10FN3O. The van der Waals surface area contributed by atoms with Gasteiger partial charge in [-0.25, -0.2) is 18.7 Å². The summed E-state index contributed by atoms with van der Waals surface area (Å²) in [5.74, 6) is 0.144. The molecule has 4 nitrogen and oxygen atoms in total. The number of aromatic nitrogens is 3. The molecule has 0 bridgehead atoms. The second-order valence-corrected chi connectivity index (χ2v) is 4.06. The van der Waals surface area contributed by atoms with E-state index in [4.69, 9.17) is 0 Å². The van der Waals surface area contributed by atoms with Gasteiger partial charge in [0.25, 0.3) is 0 Å². The number of hydrogen-bond donors (Lipinski definition) is 1. The summed E-state index contributed by atoms with van der Waals surface area (Å²) in [6.07, 6.45) is 0. The lowest BCUT2D eigenvalue weighted by Gasteiger charge is -2.02. The van der Waals surface area contributed by atoms with Crippen molar-refractivity contribution < 1.29 is 4.39 Å². The number of hydrogen-bond acceptors (Lipinski definition) is 2. The van der Waals surface area contributed by atoms with Gasteiger partial charge in [0.1, 0.15) is 11.6 Å². The van der Waals surface area contributed by atoms with Crippen LogP contribution in [0.2, 0.25) is 0 Å². The largest absolute Gasteiger partial charge is 0.332 e. The summed E-state index contributed by atoms with van der Waals surface area (Å²) in [6, 6.07) is 9.60. The zero-order valence-electron chi connectivity index (χ0n) is 9.64. The molecule has 1 N–H and O–H groups in total. The number of fused-ring (bicyclic) bond motifs is 1. The van der Waals surface area contributed by atoms with E-state index in [0.717, 1.165) is 5.69 Å². The summed E-state index contributed by atoms with van der Waals surface area (Å²) in [5, 5.41) is 0. The molecule has 0 saturated heterocycles. The van der Waals surface area contributed by atoms with Crippen molar-refractivity contribution in [3.63, 3.8) is 0 Å². The molecule has 0 unspecified atom stereocenters. The first kappa shape index (κ1) is 10.7. The summed E-state index contributed by atoms with van der Waals surface area (Å²) in [7, 11) is 0. The van der Waals surface area contributed by atoms with Crippen molar-refractivity contribution in [3.05, 3.63) is 58.4 Å². The third-order valence-electron chi connectivity index (χ3n) is 2.75. The predicted octanol–water partition coefficient (Wildman–Crippen LogP) is 2.16. The van der Waals surface area contributed by atoms with Gasteiger partial charge in [-0.2, -0.15) is 0 Å². The van der Waals surface area contributed by atoms with Crippen molar-refractivity contribution in [3.8, 4) is 5.82 Å². The molecule has 0 fully saturated rings. The van der Waals surface area contributed by atoms with Crippen molar-refractivity contribution in [1.29, 1.82) is 0 Å². The molecule has 0 aliphatic heterocycles. The first-order chi connectivity index (χ1) is 8.65. The molecule has 2 aromatic heterocycles. The summed E-state index contributed by atoms with van der Waals surface area (Å²) in [5.41, 5.74) is 1.56. The molecule has 3 rings (SSSR count). The first-order valence-electron chi connectivity index (χ1n) is 5.49. The highest BCUT2D eigenvalue weighted by atomic mass is 19.1. The van der Waals surface area contributed by atoms with E-state index in [1.807, 2.05) is 19.1 Å². The SMILES string of the molecule is Cc1cccc(-n2c(=O)[nH]c3cc(F)ccc32)n1. The number of benzene rings is 1. The van der Waals surface area contributed by atoms with Crippen LogP contribution < -0.4 is 5.69 Å². The fourth-order valence-corrected chi connectivity index (χ4v) is 1.96. The number of imidazole rings is 1. The first-order valence-corrected chi connectivity index (χ1v) is 5.49. The number of H-pyrrole nitrogens is 1. The number of nitrogens with zero attached hydrogens (tertiary/aromatic N) is 2. The van der Waals surface area contributed by atoms with Gasteiger partial charge in [0.15, 0.2) is 0 Å². The van der Waals surface area contributed by atoms with E-state index < -0.39 is 0 Å². The molecule has 1 aromatic carbocycles. The zero-order valence-corrected chi connectivity index (χ0v) is 9.64. The molecule has 0 aliphatic rings. The van der Waals surface area contributed by atoms with E-state index in [1.165, 1.54) is 16.7 Å². The standard InChI is InChI=1S/C13H10FN3O/c1-8-3-2-4-12(15-8)17-11-6-5-9(14)7-10(11)16-13(17)18/h2-7H,1H3,(H,16,18). The number of aryl methyl sites for hydroxylation is 1. The van der Waals surface area contributed by atoms with E-state index in [-0.39, 0.29) is 11.5 Å². The van der Waals surface area contributed by atoms with Crippen LogP contribution in [0.3, 0.4) is 0 Å². The van der Waals surface area contributed by atoms with Crippen molar-refractivity contribution in [2.75, 3.05) is 0 Å². The van der Waals surface area contributed by atoms with Crippen molar-refractivity contribution >= 4 is 11.0 Å². The molecule has 18 heavy (non-hydrogen) atoms. The number of rotatable bonds is 1. The highest BCUT2D eigenvalue weighted by molar-refractivity contribution is 5.76. The maximum atomic E-state index is 13.1. The Hall–Kier alpha value is -2.43. The minimum absolute atomic E-state index is 0.325. The monoisotopic (exact) mass is 243 g/mol. The Morgan fingerprint density at radius 3 is 2.89 bits per heavy atom. The molecule has 0 saturated carbocycles. The Bertz CT molecular complexity index is 788. The van der Waals surface area contributed by atoms with Crippen LogP contribution >= 0.6 is 0 Å². The predicted molar refractivity (Wildman–Crippen MR) is 66.4 cm³/mol. The smallest absolute Gasteiger partial charge is 0.305 e. The number of aromatic amines is 1. The summed E-state index contributed by atoms with van der Waals surface area (Å²) in [6.45, 7) is 1.85. The summed E-state index contributed by atoms with van der Waals surface area (Å²) >= 11 is 0. The zero-order chi connectivity index (χ0) is 12.7. The quantitative estimate of drug-likeness (QED) is 0.712. The molecule has 0 spiro atoms. The van der Waals surface area contributed by atoms with E-state index in [1.54, 1.807) is 12.1 Å². The third kappa shape index (κ3) is 1.60. The summed E-state index contributed by atoms with van der Waals surface area (Å²) in [4.78, 5) is 18.8. The number of pyridine rings is 1. The highest BCUT2D eigenvalue weighted by Gasteiger charge is 2.10. The maximum absolute atomic E-state index is 13.1. The fraction of sp³-hybridized carbons (Fsp3) is 0.0769. The molecule has 0 radical (unpaired) electrons. The minimum atomic E-state index is -0.381. The van der Waals surface area contributed by atoms with E-state index >= 15 is 0 Å². The van der Waals surface area contributed by atoms with Crippen LogP contribution in [0.15, 0.2) is 41.2 Å². The van der Waals surface area contributed by atoms with Gasteiger partial charge in [-0.05, 0) is 37.3 Å². The molecule has 0 atom stereocenters. The topological polar surface area (TPSA) is 50.7 Å². The van der Waals surface area contributed by atoms with Crippen molar-refractivity contribution in [1.82, 2.24) is 14.5 Å². The Kier molecular flexibility index (Phi) is 2.26. The fourth-order valence-electron chi connectivity index (χ4n) is 1.96. The van der Waals surface area contributed by atoms with E-state index in [2.05, 4.69) is 9.97 Å². The van der Waals surface area contributed by atoms with Crippen LogP contribution in [0.25, 0.3) is 16.9 Å². The van der Waals surface area contributed by atoms with Crippen LogP contribution in [-0.2, 0) is 0 Å². The average Bonchev–Trinajstić information content (AvgIpc) is 2.64. The maximum Gasteiger partial charge on any atom is 0.332 e. The number of nitrogens with one attached hydrogen (secondary N) is 1. The second-order valence-electron chi connectivity index (χ2n) is 4.06. The molecule has 90 valence electrons. The highest BCUT2D eigenvalue weighted by Crippen LogP contribution is 2.15. The Morgan fingerprint density at radius 1 is 1.28 bits per heavy atom. The van der Waals surface area contributed by atoms with Gasteiger partial charge >= 0.3 is 5.69 Å². The van der Waals surface area contributed by atoms with Gasteiger partial charge in [-0.3, -0.25) is 0 Å². The number of halogens is 1. The second kappa shape index (κ2) is 3.80.